The lowest BCUT2D eigenvalue weighted by molar-refractivity contribution is -0.0497. The fourth-order valence-corrected chi connectivity index (χ4v) is 3.32. The molecule has 6 heteroatoms. The zero-order valence-corrected chi connectivity index (χ0v) is 11.2. The molecule has 1 unspecified atom stereocenters. The minimum Gasteiger partial charge on any atom is -0.433 e. The zero-order valence-electron chi connectivity index (χ0n) is 9.67. The highest BCUT2D eigenvalue weighted by molar-refractivity contribution is 7.99. The molecule has 1 fully saturated rings. The second kappa shape index (κ2) is 6.48. The first-order chi connectivity index (χ1) is 8.65. The summed E-state index contributed by atoms with van der Waals surface area (Å²) in [6.07, 6.45) is 1.22. The zero-order chi connectivity index (χ0) is 13.0. The van der Waals surface area contributed by atoms with E-state index in [2.05, 4.69) is 10.1 Å². The normalized spacial score (nSPS) is 19.2. The van der Waals surface area contributed by atoms with E-state index in [1.165, 1.54) is 24.0 Å². The van der Waals surface area contributed by atoms with Crippen molar-refractivity contribution < 1.29 is 13.5 Å². The number of halogens is 3. The molecule has 1 aromatic rings. The molecule has 1 aliphatic heterocycles. The van der Waals surface area contributed by atoms with Gasteiger partial charge in [-0.05, 0) is 42.0 Å². The van der Waals surface area contributed by atoms with Crippen LogP contribution in [0.5, 0.6) is 5.75 Å². The predicted octanol–water partition coefficient (Wildman–Crippen LogP) is 4.11. The molecule has 1 heterocycles. The Balaban J connectivity index is 1.91. The average Bonchev–Trinajstić information content (AvgIpc) is 2.82. The topological polar surface area (TPSA) is 21.3 Å². The fraction of sp³-hybridized carbons (Fsp3) is 0.500. The summed E-state index contributed by atoms with van der Waals surface area (Å²) < 4.78 is 28.4. The standard InChI is InChI=1S/C12H14ClF2NOS/c13-10-5-9(1-2-11(10)17-12(14)15)16-6-8-3-4-18-7-8/h1-2,5,8,12,16H,3-4,6-7H2. The molecule has 0 saturated carbocycles. The Morgan fingerprint density at radius 2 is 2.33 bits per heavy atom. The van der Waals surface area contributed by atoms with E-state index in [0.717, 1.165) is 12.2 Å². The summed E-state index contributed by atoms with van der Waals surface area (Å²) in [4.78, 5) is 0. The minimum absolute atomic E-state index is 0.00800. The van der Waals surface area contributed by atoms with Crippen LogP contribution < -0.4 is 10.1 Å². The largest absolute Gasteiger partial charge is 0.433 e. The van der Waals surface area contributed by atoms with E-state index in [-0.39, 0.29) is 10.8 Å². The number of alkyl halides is 2. The molecule has 1 saturated heterocycles. The summed E-state index contributed by atoms with van der Waals surface area (Å²) in [7, 11) is 0. The molecule has 2 nitrogen and oxygen atoms in total. The van der Waals surface area contributed by atoms with Gasteiger partial charge in [-0.3, -0.25) is 0 Å². The Labute approximate surface area is 114 Å². The van der Waals surface area contributed by atoms with Crippen molar-refractivity contribution in [3.8, 4) is 5.75 Å². The van der Waals surface area contributed by atoms with Crippen molar-refractivity contribution in [1.29, 1.82) is 0 Å². The summed E-state index contributed by atoms with van der Waals surface area (Å²) in [6.45, 7) is -1.96. The highest BCUT2D eigenvalue weighted by Crippen LogP contribution is 2.29. The van der Waals surface area contributed by atoms with Gasteiger partial charge in [-0.1, -0.05) is 11.6 Å². The van der Waals surface area contributed by atoms with Crippen LogP contribution in [-0.4, -0.2) is 24.7 Å². The van der Waals surface area contributed by atoms with Crippen LogP contribution in [0.4, 0.5) is 14.5 Å². The molecule has 0 spiro atoms. The SMILES string of the molecule is FC(F)Oc1ccc(NCC2CCSC2)cc1Cl. The van der Waals surface area contributed by atoms with Crippen molar-refractivity contribution in [2.75, 3.05) is 23.4 Å². The number of benzene rings is 1. The van der Waals surface area contributed by atoms with E-state index in [1.807, 2.05) is 11.8 Å². The van der Waals surface area contributed by atoms with E-state index in [4.69, 9.17) is 11.6 Å². The molecule has 0 aliphatic carbocycles. The van der Waals surface area contributed by atoms with Gasteiger partial charge in [0.05, 0.1) is 5.02 Å². The smallest absolute Gasteiger partial charge is 0.387 e. The van der Waals surface area contributed by atoms with Gasteiger partial charge in [-0.25, -0.2) is 0 Å². The maximum atomic E-state index is 12.1. The maximum Gasteiger partial charge on any atom is 0.387 e. The summed E-state index contributed by atoms with van der Waals surface area (Å²) in [5.74, 6) is 3.07. The molecule has 0 radical (unpaired) electrons. The lowest BCUT2D eigenvalue weighted by Gasteiger charge is -2.13. The van der Waals surface area contributed by atoms with E-state index >= 15 is 0 Å². The van der Waals surface area contributed by atoms with Crippen molar-refractivity contribution in [2.45, 2.75) is 13.0 Å². The lowest BCUT2D eigenvalue weighted by Crippen LogP contribution is -2.13. The summed E-state index contributed by atoms with van der Waals surface area (Å²) in [6, 6.07) is 4.77. The fourth-order valence-electron chi connectivity index (χ4n) is 1.81. The first kappa shape index (κ1) is 13.7. The number of hydrogen-bond donors (Lipinski definition) is 1. The van der Waals surface area contributed by atoms with Gasteiger partial charge in [-0.2, -0.15) is 20.5 Å². The van der Waals surface area contributed by atoms with Crippen LogP contribution in [0.1, 0.15) is 6.42 Å². The van der Waals surface area contributed by atoms with Crippen LogP contribution in [0.25, 0.3) is 0 Å². The molecule has 2 rings (SSSR count). The Morgan fingerprint density at radius 3 is 2.94 bits per heavy atom. The maximum absolute atomic E-state index is 12.1. The number of ether oxygens (including phenoxy) is 1. The number of thioether (sulfide) groups is 1. The minimum atomic E-state index is -2.85. The number of rotatable bonds is 5. The van der Waals surface area contributed by atoms with E-state index in [0.29, 0.717) is 5.92 Å². The number of anilines is 1. The van der Waals surface area contributed by atoms with Gasteiger partial charge in [0.15, 0.2) is 0 Å². The molecular formula is C12H14ClF2NOS. The van der Waals surface area contributed by atoms with Gasteiger partial charge in [0, 0.05) is 12.2 Å². The van der Waals surface area contributed by atoms with Crippen molar-refractivity contribution in [2.24, 2.45) is 5.92 Å². The Hall–Kier alpha value is -0.680. The van der Waals surface area contributed by atoms with Crippen molar-refractivity contribution in [3.63, 3.8) is 0 Å². The predicted molar refractivity (Wildman–Crippen MR) is 72.0 cm³/mol. The van der Waals surface area contributed by atoms with Gasteiger partial charge < -0.3 is 10.1 Å². The van der Waals surface area contributed by atoms with Crippen LogP contribution in [0, 0.1) is 5.92 Å². The second-order valence-electron chi connectivity index (χ2n) is 4.13. The van der Waals surface area contributed by atoms with Gasteiger partial charge in [0.2, 0.25) is 0 Å². The van der Waals surface area contributed by atoms with Crippen LogP contribution >= 0.6 is 23.4 Å². The third kappa shape index (κ3) is 3.92. The van der Waals surface area contributed by atoms with E-state index in [9.17, 15) is 8.78 Å². The number of nitrogens with one attached hydrogen (secondary N) is 1. The average molecular weight is 294 g/mol. The Kier molecular flexibility index (Phi) is 4.95. The van der Waals surface area contributed by atoms with Crippen LogP contribution in [0.15, 0.2) is 18.2 Å². The molecule has 1 atom stereocenters. The number of hydrogen-bond acceptors (Lipinski definition) is 3. The highest BCUT2D eigenvalue weighted by atomic mass is 35.5. The van der Waals surface area contributed by atoms with Gasteiger partial charge in [-0.15, -0.1) is 0 Å². The van der Waals surface area contributed by atoms with Gasteiger partial charge in [0.25, 0.3) is 0 Å². The monoisotopic (exact) mass is 293 g/mol. The second-order valence-corrected chi connectivity index (χ2v) is 5.69. The third-order valence-electron chi connectivity index (χ3n) is 2.77. The first-order valence-corrected chi connectivity index (χ1v) is 7.24. The third-order valence-corrected chi connectivity index (χ3v) is 4.29. The molecule has 18 heavy (non-hydrogen) atoms. The van der Waals surface area contributed by atoms with Crippen molar-refractivity contribution in [1.82, 2.24) is 0 Å². The van der Waals surface area contributed by atoms with Crippen molar-refractivity contribution >= 4 is 29.1 Å². The first-order valence-electron chi connectivity index (χ1n) is 5.71. The molecular weight excluding hydrogens is 280 g/mol. The lowest BCUT2D eigenvalue weighted by atomic mass is 10.1. The molecule has 0 aromatic heterocycles. The van der Waals surface area contributed by atoms with Crippen LogP contribution in [0.3, 0.4) is 0 Å². The Morgan fingerprint density at radius 1 is 1.50 bits per heavy atom. The van der Waals surface area contributed by atoms with Crippen LogP contribution in [0.2, 0.25) is 5.02 Å². The summed E-state index contributed by atoms with van der Waals surface area (Å²) in [5.41, 5.74) is 0.832. The molecule has 1 aromatic carbocycles. The molecule has 1 N–H and O–H groups in total. The highest BCUT2D eigenvalue weighted by Gasteiger charge is 2.15. The van der Waals surface area contributed by atoms with E-state index < -0.39 is 6.61 Å². The van der Waals surface area contributed by atoms with Gasteiger partial charge >= 0.3 is 6.61 Å². The van der Waals surface area contributed by atoms with E-state index in [1.54, 1.807) is 12.1 Å². The quantitative estimate of drug-likeness (QED) is 0.883. The summed E-state index contributed by atoms with van der Waals surface area (Å²) in [5, 5.41) is 3.46. The summed E-state index contributed by atoms with van der Waals surface area (Å²) >= 11 is 7.83. The molecule has 100 valence electrons. The van der Waals surface area contributed by atoms with Crippen molar-refractivity contribution in [3.05, 3.63) is 23.2 Å². The molecule has 1 aliphatic rings. The Bertz CT molecular complexity index is 400. The molecule has 0 amide bonds. The van der Waals surface area contributed by atoms with Gasteiger partial charge in [0.1, 0.15) is 5.75 Å². The van der Waals surface area contributed by atoms with Crippen LogP contribution in [-0.2, 0) is 0 Å². The molecule has 0 bridgehead atoms.